The summed E-state index contributed by atoms with van der Waals surface area (Å²) in [4.78, 5) is 2.40. The van der Waals surface area contributed by atoms with Crippen LogP contribution in [0.1, 0.15) is 24.3 Å². The maximum atomic E-state index is 9.17. The van der Waals surface area contributed by atoms with Crippen molar-refractivity contribution in [2.45, 2.75) is 18.8 Å². The average Bonchev–Trinajstić information content (AvgIpc) is 2.85. The van der Waals surface area contributed by atoms with E-state index in [1.165, 1.54) is 31.6 Å². The zero-order chi connectivity index (χ0) is 11.4. The second-order valence-corrected chi connectivity index (χ2v) is 4.40. The van der Waals surface area contributed by atoms with Crippen molar-refractivity contribution in [2.75, 3.05) is 31.1 Å². The van der Waals surface area contributed by atoms with Gasteiger partial charge in [0.05, 0.1) is 6.61 Å². The first-order valence-electron chi connectivity index (χ1n) is 6.01. The van der Waals surface area contributed by atoms with Crippen LogP contribution in [0.25, 0.3) is 0 Å². The maximum absolute atomic E-state index is 9.17. The van der Waals surface area contributed by atoms with Crippen LogP contribution >= 0.6 is 0 Å². The van der Waals surface area contributed by atoms with Gasteiger partial charge in [0.15, 0.2) is 0 Å². The van der Waals surface area contributed by atoms with Crippen LogP contribution in [0.15, 0.2) is 24.3 Å². The maximum Gasteiger partial charge on any atom is 0.0511 e. The van der Waals surface area contributed by atoms with Gasteiger partial charge in [-0.2, -0.15) is 0 Å². The van der Waals surface area contributed by atoms with Gasteiger partial charge >= 0.3 is 0 Å². The molecule has 16 heavy (non-hydrogen) atoms. The summed E-state index contributed by atoms with van der Waals surface area (Å²) in [6.45, 7) is 2.96. The molecular weight excluding hydrogens is 200 g/mol. The Hall–Kier alpha value is -1.06. The number of rotatable bonds is 4. The Kier molecular flexibility index (Phi) is 3.80. The molecule has 1 heterocycles. The fraction of sp³-hybridized carbons (Fsp3) is 0.538. The average molecular weight is 220 g/mol. The van der Waals surface area contributed by atoms with Gasteiger partial charge in [-0.1, -0.05) is 12.1 Å². The highest BCUT2D eigenvalue weighted by atomic mass is 16.3. The first-order valence-corrected chi connectivity index (χ1v) is 6.01. The molecule has 0 bridgehead atoms. The summed E-state index contributed by atoms with van der Waals surface area (Å²) in [7, 11) is 0. The number of anilines is 1. The summed E-state index contributed by atoms with van der Waals surface area (Å²) >= 11 is 0. The lowest BCUT2D eigenvalue weighted by Gasteiger charge is -2.19. The molecule has 0 aliphatic carbocycles. The Bertz CT molecular complexity index is 292. The number of hydrogen-bond donors (Lipinski definition) is 2. The highest BCUT2D eigenvalue weighted by Gasteiger charge is 2.13. The number of nitrogens with zero attached hydrogens (tertiary/aromatic N) is 1. The van der Waals surface area contributed by atoms with E-state index in [4.69, 9.17) is 10.8 Å². The third kappa shape index (κ3) is 2.36. The molecule has 1 saturated heterocycles. The van der Waals surface area contributed by atoms with Crippen LogP contribution in [-0.2, 0) is 0 Å². The van der Waals surface area contributed by atoms with Crippen molar-refractivity contribution in [1.82, 2.24) is 0 Å². The fourth-order valence-corrected chi connectivity index (χ4v) is 2.25. The Labute approximate surface area is 96.9 Å². The topological polar surface area (TPSA) is 49.5 Å². The summed E-state index contributed by atoms with van der Waals surface area (Å²) in [5.41, 5.74) is 8.02. The highest BCUT2D eigenvalue weighted by molar-refractivity contribution is 5.48. The molecule has 1 aliphatic heterocycles. The quantitative estimate of drug-likeness (QED) is 0.804. The molecule has 1 unspecified atom stereocenters. The van der Waals surface area contributed by atoms with E-state index < -0.39 is 0 Å². The standard InChI is InChI=1S/C13H20N2O/c14-9-12(10-16)11-3-5-13(6-4-11)15-7-1-2-8-15/h3-6,12,16H,1-2,7-10,14H2. The highest BCUT2D eigenvalue weighted by Crippen LogP contribution is 2.22. The van der Waals surface area contributed by atoms with Crippen molar-refractivity contribution < 1.29 is 5.11 Å². The van der Waals surface area contributed by atoms with E-state index in [0.717, 1.165) is 5.56 Å². The van der Waals surface area contributed by atoms with Crippen molar-refractivity contribution in [3.8, 4) is 0 Å². The number of benzene rings is 1. The molecule has 0 aromatic heterocycles. The molecule has 3 heteroatoms. The van der Waals surface area contributed by atoms with E-state index in [1.54, 1.807) is 0 Å². The molecule has 1 atom stereocenters. The smallest absolute Gasteiger partial charge is 0.0511 e. The third-order valence-electron chi connectivity index (χ3n) is 3.34. The van der Waals surface area contributed by atoms with Crippen LogP contribution in [0, 0.1) is 0 Å². The molecule has 2 rings (SSSR count). The van der Waals surface area contributed by atoms with E-state index in [2.05, 4.69) is 29.2 Å². The van der Waals surface area contributed by atoms with Gasteiger partial charge < -0.3 is 15.7 Å². The van der Waals surface area contributed by atoms with Gasteiger partial charge in [0, 0.05) is 31.2 Å². The van der Waals surface area contributed by atoms with Gasteiger partial charge in [-0.25, -0.2) is 0 Å². The molecule has 1 aromatic rings. The van der Waals surface area contributed by atoms with Crippen LogP contribution in [0.2, 0.25) is 0 Å². The lowest BCUT2D eigenvalue weighted by Crippen LogP contribution is -2.18. The van der Waals surface area contributed by atoms with Gasteiger partial charge in [-0.15, -0.1) is 0 Å². The minimum atomic E-state index is 0.0765. The molecule has 1 aliphatic rings. The zero-order valence-electron chi connectivity index (χ0n) is 9.60. The molecule has 0 saturated carbocycles. The summed E-state index contributed by atoms with van der Waals surface area (Å²) in [6, 6.07) is 8.45. The molecule has 88 valence electrons. The number of hydrogen-bond acceptors (Lipinski definition) is 3. The van der Waals surface area contributed by atoms with Gasteiger partial charge in [-0.05, 0) is 30.5 Å². The van der Waals surface area contributed by atoms with Crippen molar-refractivity contribution in [2.24, 2.45) is 5.73 Å². The third-order valence-corrected chi connectivity index (χ3v) is 3.34. The Morgan fingerprint density at radius 1 is 1.19 bits per heavy atom. The molecule has 3 nitrogen and oxygen atoms in total. The van der Waals surface area contributed by atoms with Crippen LogP contribution in [0.3, 0.4) is 0 Å². The van der Waals surface area contributed by atoms with Gasteiger partial charge in [0.25, 0.3) is 0 Å². The normalized spacial score (nSPS) is 17.8. The summed E-state index contributed by atoms with van der Waals surface area (Å²) in [5, 5.41) is 9.17. The van der Waals surface area contributed by atoms with E-state index in [0.29, 0.717) is 6.54 Å². The Balaban J connectivity index is 2.09. The van der Waals surface area contributed by atoms with Crippen LogP contribution in [0.5, 0.6) is 0 Å². The SMILES string of the molecule is NCC(CO)c1ccc(N2CCCC2)cc1. The molecular formula is C13H20N2O. The van der Waals surface area contributed by atoms with Crippen molar-refractivity contribution >= 4 is 5.69 Å². The van der Waals surface area contributed by atoms with Gasteiger partial charge in [0.1, 0.15) is 0 Å². The Morgan fingerprint density at radius 3 is 2.31 bits per heavy atom. The zero-order valence-corrected chi connectivity index (χ0v) is 9.60. The molecule has 3 N–H and O–H groups in total. The lowest BCUT2D eigenvalue weighted by molar-refractivity contribution is 0.268. The van der Waals surface area contributed by atoms with E-state index in [9.17, 15) is 0 Å². The predicted molar refractivity (Wildman–Crippen MR) is 66.8 cm³/mol. The second kappa shape index (κ2) is 5.32. The number of nitrogens with two attached hydrogens (primary N) is 1. The molecule has 0 spiro atoms. The van der Waals surface area contributed by atoms with Crippen molar-refractivity contribution in [3.05, 3.63) is 29.8 Å². The lowest BCUT2D eigenvalue weighted by atomic mass is 10.00. The minimum Gasteiger partial charge on any atom is -0.396 e. The molecule has 1 fully saturated rings. The first kappa shape index (κ1) is 11.4. The minimum absolute atomic E-state index is 0.0765. The van der Waals surface area contributed by atoms with E-state index in [-0.39, 0.29) is 12.5 Å². The van der Waals surface area contributed by atoms with Crippen LogP contribution < -0.4 is 10.6 Å². The molecule has 0 radical (unpaired) electrons. The summed E-state index contributed by atoms with van der Waals surface area (Å²) in [6.07, 6.45) is 2.59. The molecule has 1 aromatic carbocycles. The largest absolute Gasteiger partial charge is 0.396 e. The number of aliphatic hydroxyl groups excluding tert-OH is 1. The first-order chi connectivity index (χ1) is 7.85. The van der Waals surface area contributed by atoms with Crippen molar-refractivity contribution in [3.63, 3.8) is 0 Å². The van der Waals surface area contributed by atoms with Crippen LogP contribution in [-0.4, -0.2) is 31.3 Å². The van der Waals surface area contributed by atoms with Crippen molar-refractivity contribution in [1.29, 1.82) is 0 Å². The van der Waals surface area contributed by atoms with Gasteiger partial charge in [0.2, 0.25) is 0 Å². The fourth-order valence-electron chi connectivity index (χ4n) is 2.25. The summed E-state index contributed by atoms with van der Waals surface area (Å²) < 4.78 is 0. The van der Waals surface area contributed by atoms with E-state index >= 15 is 0 Å². The number of aliphatic hydroxyl groups is 1. The second-order valence-electron chi connectivity index (χ2n) is 4.40. The Morgan fingerprint density at radius 2 is 1.81 bits per heavy atom. The van der Waals surface area contributed by atoms with Crippen LogP contribution in [0.4, 0.5) is 5.69 Å². The van der Waals surface area contributed by atoms with Gasteiger partial charge in [-0.3, -0.25) is 0 Å². The predicted octanol–water partition coefficient (Wildman–Crippen LogP) is 1.32. The molecule has 0 amide bonds. The monoisotopic (exact) mass is 220 g/mol. The summed E-state index contributed by atoms with van der Waals surface area (Å²) in [5.74, 6) is 0.0765. The van der Waals surface area contributed by atoms with E-state index in [1.807, 2.05) is 0 Å².